The number of primary amides is 1. The van der Waals surface area contributed by atoms with Gasteiger partial charge in [-0.3, -0.25) is 77.1 Å². The number of nitrogens with two attached hydrogens (primary N) is 7. The lowest BCUT2D eigenvalue weighted by atomic mass is 9.98. The maximum atomic E-state index is 14.6. The lowest BCUT2D eigenvalue weighted by molar-refractivity contribution is -0.138. The molecular weight excluding hydrogens is 1340 g/mol. The number of aliphatic imine (C=N–C) groups is 2. The van der Waals surface area contributed by atoms with Gasteiger partial charge in [0.05, 0.1) is 6.61 Å². The van der Waals surface area contributed by atoms with E-state index in [0.717, 1.165) is 6.92 Å². The van der Waals surface area contributed by atoms with Gasteiger partial charge in [-0.05, 0) is 161 Å². The Kier molecular flexibility index (Phi) is 46.2. The molecule has 0 aliphatic rings. The van der Waals surface area contributed by atoms with Crippen molar-refractivity contribution in [1.29, 1.82) is 0 Å². The Balaban J connectivity index is 0. The third-order valence-electron chi connectivity index (χ3n) is 15.3. The number of carbonyl (C=O) groups is 14. The van der Waals surface area contributed by atoms with Crippen LogP contribution in [0.1, 0.15) is 194 Å². The highest BCUT2D eigenvalue weighted by atomic mass is 16.4. The lowest BCUT2D eigenvalue weighted by Gasteiger charge is -2.32. The highest BCUT2D eigenvalue weighted by Crippen LogP contribution is 2.16. The number of hydrogen-bond acceptors (Lipinski definition) is 19. The van der Waals surface area contributed by atoms with E-state index in [1.807, 2.05) is 27.7 Å². The molecule has 0 heterocycles. The minimum absolute atomic E-state index is 0.00852. The Hall–Kier alpha value is -9.00. The smallest absolute Gasteiger partial charge is 0.300 e. The maximum Gasteiger partial charge on any atom is 0.300 e. The highest BCUT2D eigenvalue weighted by molar-refractivity contribution is 6.01. The molecule has 10 atom stereocenters. The zero-order valence-electron chi connectivity index (χ0n) is 63.1. The van der Waals surface area contributed by atoms with Gasteiger partial charge in [0.25, 0.3) is 5.97 Å². The van der Waals surface area contributed by atoms with Crippen LogP contribution >= 0.6 is 0 Å². The Morgan fingerprint density at radius 1 is 0.359 bits per heavy atom. The molecule has 28 N–H and O–H groups in total. The van der Waals surface area contributed by atoms with Crippen LogP contribution < -0.4 is 104 Å². The second kappa shape index (κ2) is 49.6. The van der Waals surface area contributed by atoms with Crippen molar-refractivity contribution in [3.05, 3.63) is 0 Å². The fourth-order valence-electron chi connectivity index (χ4n) is 9.97. The van der Waals surface area contributed by atoms with Gasteiger partial charge in [0.1, 0.15) is 71.5 Å². The fraction of sp³-hybridized carbons (Fsp3) is 0.758. The summed E-state index contributed by atoms with van der Waals surface area (Å²) in [5, 5.41) is 48.8. The van der Waals surface area contributed by atoms with Gasteiger partial charge < -0.3 is 114 Å². The minimum Gasteiger partial charge on any atom is -0.481 e. The maximum absolute atomic E-state index is 14.6. The van der Waals surface area contributed by atoms with E-state index in [1.165, 1.54) is 41.5 Å². The minimum atomic E-state index is -1.80. The fourth-order valence-corrected chi connectivity index (χ4v) is 9.97. The summed E-state index contributed by atoms with van der Waals surface area (Å²) in [7, 11) is 0. The second-order valence-corrected chi connectivity index (χ2v) is 28.2. The van der Waals surface area contributed by atoms with Gasteiger partial charge in [-0.1, -0.05) is 55.4 Å². The summed E-state index contributed by atoms with van der Waals surface area (Å²) in [4.78, 5) is 196. The van der Waals surface area contributed by atoms with Crippen LogP contribution in [-0.2, 0) is 67.1 Å². The van der Waals surface area contributed by atoms with Gasteiger partial charge in [-0.15, -0.1) is 0 Å². The first-order chi connectivity index (χ1) is 47.7. The average Bonchev–Trinajstić information content (AvgIpc) is 0.843. The molecule has 37 nitrogen and oxygen atoms in total. The molecule has 0 saturated carbocycles. The summed E-state index contributed by atoms with van der Waals surface area (Å²) in [6.45, 7) is 23.1. The van der Waals surface area contributed by atoms with Gasteiger partial charge in [-0.25, -0.2) is 0 Å². The molecule has 37 heteroatoms. The number of aliphatic carboxylic acids is 1. The summed E-state index contributed by atoms with van der Waals surface area (Å²) in [5.74, 6) is -12.3. The molecule has 0 aromatic heterocycles. The van der Waals surface area contributed by atoms with Crippen molar-refractivity contribution in [2.75, 3.05) is 32.8 Å². The molecule has 103 heavy (non-hydrogen) atoms. The summed E-state index contributed by atoms with van der Waals surface area (Å²) < 4.78 is 0. The molecule has 0 aromatic rings. The van der Waals surface area contributed by atoms with E-state index in [2.05, 4.69) is 73.8 Å². The molecule has 0 rings (SSSR count). The highest BCUT2D eigenvalue weighted by Gasteiger charge is 2.40. The van der Waals surface area contributed by atoms with Gasteiger partial charge in [0.2, 0.25) is 76.8 Å². The normalized spacial score (nSPS) is 14.2. The zero-order valence-corrected chi connectivity index (χ0v) is 63.1. The van der Waals surface area contributed by atoms with Gasteiger partial charge in [-0.2, -0.15) is 0 Å². The first kappa shape index (κ1) is 96.1. The first-order valence-corrected chi connectivity index (χ1v) is 35.0. The quantitative estimate of drug-likeness (QED) is 0.0156. The predicted molar refractivity (Wildman–Crippen MR) is 388 cm³/mol. The number of rotatable bonds is 49. The SMILES string of the molecule is CC(=O)NC(C)C(=O)NC(CO)C(=O)NC(C)(C)C(=O)NC(CC(C)C)C(=O)NC(CCCN=C(N)N)C(=O)NC(CCCCN)C(=O)NC(CC(C)C)C(=O)NC(C)(C)C(=O)NC(CCCCN)C(=O)NC(CCCN=C(N)N)C(=O)NC(CC(C)C)C(=O)NC(CC(C)C)C(N)=O.CC(=O)O. The van der Waals surface area contributed by atoms with Crippen molar-refractivity contribution in [1.82, 2.24) is 63.8 Å². The van der Waals surface area contributed by atoms with Gasteiger partial charge in [0, 0.05) is 26.9 Å². The van der Waals surface area contributed by atoms with Crippen LogP contribution in [0, 0.1) is 23.7 Å². The number of aliphatic hydroxyl groups excluding tert-OH is 1. The van der Waals surface area contributed by atoms with E-state index < -0.39 is 161 Å². The number of carboxylic acids is 1. The third kappa shape index (κ3) is 42.3. The van der Waals surface area contributed by atoms with Crippen LogP contribution in [0.5, 0.6) is 0 Å². The molecule has 0 aliphatic carbocycles. The summed E-state index contributed by atoms with van der Waals surface area (Å²) in [6, 6.07) is -12.9. The Labute approximate surface area is 605 Å². The molecule has 0 saturated heterocycles. The molecule has 0 bridgehead atoms. The van der Waals surface area contributed by atoms with Crippen molar-refractivity contribution < 1.29 is 77.3 Å². The molecular formula is C66H125N21O16. The number of carbonyl (C=O) groups excluding carboxylic acids is 13. The van der Waals surface area contributed by atoms with Crippen molar-refractivity contribution >= 4 is 94.7 Å². The lowest BCUT2D eigenvalue weighted by Crippen LogP contribution is -2.64. The number of amides is 13. The Morgan fingerprint density at radius 3 is 0.932 bits per heavy atom. The zero-order chi connectivity index (χ0) is 79.7. The van der Waals surface area contributed by atoms with Crippen LogP contribution in [0.25, 0.3) is 0 Å². The van der Waals surface area contributed by atoms with Crippen molar-refractivity contribution in [3.8, 4) is 0 Å². The molecule has 0 aromatic carbocycles. The molecule has 0 radical (unpaired) electrons. The number of nitrogens with zero attached hydrogens (tertiary/aromatic N) is 2. The number of unbranched alkanes of at least 4 members (excludes halogenated alkanes) is 2. The number of guanidine groups is 2. The molecule has 13 amide bonds. The van der Waals surface area contributed by atoms with Gasteiger partial charge >= 0.3 is 0 Å². The van der Waals surface area contributed by atoms with E-state index in [0.29, 0.717) is 25.7 Å². The van der Waals surface area contributed by atoms with Crippen LogP contribution in [0.4, 0.5) is 0 Å². The number of carboxylic acid groups (broad SMARTS) is 1. The average molecular weight is 1470 g/mol. The van der Waals surface area contributed by atoms with E-state index in [1.54, 1.807) is 27.7 Å². The van der Waals surface area contributed by atoms with Crippen molar-refractivity contribution in [3.63, 3.8) is 0 Å². The van der Waals surface area contributed by atoms with E-state index in [4.69, 9.17) is 50.0 Å². The van der Waals surface area contributed by atoms with Crippen LogP contribution in [0.15, 0.2) is 9.98 Å². The largest absolute Gasteiger partial charge is 0.481 e. The monoisotopic (exact) mass is 1470 g/mol. The molecule has 0 spiro atoms. The number of nitrogens with one attached hydrogen (secondary N) is 12. The first-order valence-electron chi connectivity index (χ1n) is 35.0. The third-order valence-corrected chi connectivity index (χ3v) is 15.3. The van der Waals surface area contributed by atoms with Crippen LogP contribution in [0.2, 0.25) is 0 Å². The molecule has 0 fully saturated rings. The van der Waals surface area contributed by atoms with Crippen LogP contribution in [0.3, 0.4) is 0 Å². The summed E-state index contributed by atoms with van der Waals surface area (Å²) in [6.07, 6.45) is 2.04. The molecule has 590 valence electrons. The molecule has 10 unspecified atom stereocenters. The van der Waals surface area contributed by atoms with Crippen molar-refractivity contribution in [2.45, 2.75) is 265 Å². The number of aliphatic hydroxyl groups is 1. The van der Waals surface area contributed by atoms with E-state index in [9.17, 15) is 67.4 Å². The standard InChI is InChI=1S/C64H121N21O14.C2H4O2/c1-34(2)29-44(49(67)88)78-55(94)45(30-35(3)4)79-53(92)42(24-20-28-73-62(70)71)76-54(93)43(22-16-18-26-66)82-59(98)63(11,12)84-57(96)47(32-37(7)8)80-52(91)40(21-15-17-25-65)75-51(90)41(23-19-27-72-61(68)69)77-56(95)46(31-36(5)6)83-60(99)64(13,14)85-58(97)48(33-86)81-50(89)38(9)74-39(10)87;1-2(3)4/h34-38,40-48,86H,15-33,65-66H2,1-14H3,(H2,67,88)(H,74,87)(H,75,90)(H,76,93)(H,77,95)(H,78,94)(H,79,92)(H,80,91)(H,81,89)(H,82,98)(H,83,99)(H,84,96)(H,85,97)(H4,68,69,72)(H4,70,71,73);1H3,(H,3,4). The Morgan fingerprint density at radius 2 is 0.621 bits per heavy atom. The topological polar surface area (TPSA) is 631 Å². The van der Waals surface area contributed by atoms with Gasteiger partial charge in [0.15, 0.2) is 11.9 Å². The summed E-state index contributed by atoms with van der Waals surface area (Å²) in [5.41, 5.74) is 36.0. The predicted octanol–water partition coefficient (Wildman–Crippen LogP) is -4.22. The second-order valence-electron chi connectivity index (χ2n) is 28.2. The molecule has 0 aliphatic heterocycles. The van der Waals surface area contributed by atoms with E-state index >= 15 is 0 Å². The number of hydrogen-bond donors (Lipinski definition) is 21. The van der Waals surface area contributed by atoms with E-state index in [-0.39, 0.29) is 126 Å². The summed E-state index contributed by atoms with van der Waals surface area (Å²) >= 11 is 0. The van der Waals surface area contributed by atoms with Crippen molar-refractivity contribution in [2.24, 2.45) is 73.8 Å². The Bertz CT molecular complexity index is 2820. The van der Waals surface area contributed by atoms with Crippen LogP contribution in [-0.4, -0.2) is 209 Å².